The first-order valence-corrected chi connectivity index (χ1v) is 6.53. The lowest BCUT2D eigenvalue weighted by atomic mass is 10.0. The molecule has 21 heavy (non-hydrogen) atoms. The van der Waals surface area contributed by atoms with E-state index in [1.165, 1.54) is 11.0 Å². The van der Waals surface area contributed by atoms with Crippen molar-refractivity contribution >= 4 is 11.7 Å². The lowest BCUT2D eigenvalue weighted by molar-refractivity contribution is -0.117. The summed E-state index contributed by atoms with van der Waals surface area (Å²) in [5.74, 6) is -2.57. The minimum atomic E-state index is -0.893. The van der Waals surface area contributed by atoms with Gasteiger partial charge >= 0.3 is 0 Å². The highest BCUT2D eigenvalue weighted by atomic mass is 19.1. The maximum absolute atomic E-state index is 13.7. The van der Waals surface area contributed by atoms with Gasteiger partial charge in [-0.25, -0.2) is 8.78 Å². The van der Waals surface area contributed by atoms with Crippen molar-refractivity contribution in [2.24, 2.45) is 0 Å². The molecule has 0 atom stereocenters. The van der Waals surface area contributed by atoms with Crippen molar-refractivity contribution in [2.45, 2.75) is 6.42 Å². The molecule has 0 spiro atoms. The van der Waals surface area contributed by atoms with E-state index in [2.05, 4.69) is 0 Å². The molecule has 1 aromatic rings. The number of likely N-dealkylation sites (tertiary alicyclic amines) is 1. The van der Waals surface area contributed by atoms with Crippen LogP contribution < -0.4 is 0 Å². The van der Waals surface area contributed by atoms with Gasteiger partial charge in [-0.1, -0.05) is 6.07 Å². The van der Waals surface area contributed by atoms with Crippen LogP contribution in [0.5, 0.6) is 0 Å². The summed E-state index contributed by atoms with van der Waals surface area (Å²) < 4.78 is 27.3. The van der Waals surface area contributed by atoms with E-state index in [4.69, 9.17) is 0 Å². The highest BCUT2D eigenvalue weighted by molar-refractivity contribution is 6.00. The van der Waals surface area contributed by atoms with Crippen molar-refractivity contribution in [3.05, 3.63) is 47.2 Å². The molecule has 0 radical (unpaired) electrons. The average Bonchev–Trinajstić information content (AvgIpc) is 2.40. The zero-order chi connectivity index (χ0) is 15.6. The van der Waals surface area contributed by atoms with E-state index in [1.54, 1.807) is 25.2 Å². The highest BCUT2D eigenvalue weighted by Gasteiger charge is 2.29. The second-order valence-electron chi connectivity index (χ2n) is 5.11. The van der Waals surface area contributed by atoms with E-state index in [-0.39, 0.29) is 25.3 Å². The van der Waals surface area contributed by atoms with Crippen molar-refractivity contribution in [2.75, 3.05) is 27.2 Å². The molecule has 0 bridgehead atoms. The standard InChI is InChI=1S/C15H16F2N2O2/c1-18(2)8-10-9-19(7-6-13(10)20)15(21)14-11(16)4-3-5-12(14)17/h3-5,8H,6-7,9H2,1-2H3/b10-8-. The van der Waals surface area contributed by atoms with Crippen LogP contribution in [-0.4, -0.2) is 48.7 Å². The van der Waals surface area contributed by atoms with Crippen LogP contribution in [-0.2, 0) is 4.79 Å². The minimum Gasteiger partial charge on any atom is -0.383 e. The van der Waals surface area contributed by atoms with Crippen molar-refractivity contribution in [1.29, 1.82) is 0 Å². The Morgan fingerprint density at radius 2 is 1.90 bits per heavy atom. The Labute approximate surface area is 121 Å². The summed E-state index contributed by atoms with van der Waals surface area (Å²) in [6.45, 7) is 0.222. The molecule has 0 saturated carbocycles. The van der Waals surface area contributed by atoms with Crippen LogP contribution in [0.2, 0.25) is 0 Å². The summed E-state index contributed by atoms with van der Waals surface area (Å²) in [6, 6.07) is 3.29. The Morgan fingerprint density at radius 1 is 1.29 bits per heavy atom. The molecule has 6 heteroatoms. The van der Waals surface area contributed by atoms with E-state index in [1.807, 2.05) is 0 Å². The monoisotopic (exact) mass is 294 g/mol. The quantitative estimate of drug-likeness (QED) is 0.781. The lowest BCUT2D eigenvalue weighted by Gasteiger charge is -2.28. The molecule has 1 aliphatic rings. The zero-order valence-electron chi connectivity index (χ0n) is 11.9. The minimum absolute atomic E-state index is 0.0539. The molecule has 0 unspecified atom stereocenters. The summed E-state index contributed by atoms with van der Waals surface area (Å²) in [7, 11) is 3.52. The molecule has 1 amide bonds. The van der Waals surface area contributed by atoms with E-state index in [0.717, 1.165) is 12.1 Å². The second-order valence-corrected chi connectivity index (χ2v) is 5.11. The van der Waals surface area contributed by atoms with Gasteiger partial charge in [0.2, 0.25) is 0 Å². The van der Waals surface area contributed by atoms with Crippen LogP contribution in [0.4, 0.5) is 8.78 Å². The number of nitrogens with zero attached hydrogens (tertiary/aromatic N) is 2. The predicted octanol–water partition coefficient (Wildman–Crippen LogP) is 1.83. The van der Waals surface area contributed by atoms with Crippen LogP contribution in [0.15, 0.2) is 30.0 Å². The highest BCUT2D eigenvalue weighted by Crippen LogP contribution is 2.19. The fourth-order valence-electron chi connectivity index (χ4n) is 2.23. The molecule has 0 aromatic heterocycles. The molecule has 2 rings (SSSR count). The van der Waals surface area contributed by atoms with E-state index in [9.17, 15) is 18.4 Å². The number of amides is 1. The molecule has 1 fully saturated rings. The SMILES string of the molecule is CN(C)/C=C1/CN(C(=O)c2c(F)cccc2F)CCC1=O. The van der Waals surface area contributed by atoms with Gasteiger partial charge in [-0.15, -0.1) is 0 Å². The number of hydrogen-bond donors (Lipinski definition) is 0. The average molecular weight is 294 g/mol. The molecule has 0 N–H and O–H groups in total. The number of carbonyl (C=O) groups is 2. The largest absolute Gasteiger partial charge is 0.383 e. The van der Waals surface area contributed by atoms with Gasteiger partial charge in [0.25, 0.3) is 5.91 Å². The van der Waals surface area contributed by atoms with Gasteiger partial charge in [0.1, 0.15) is 17.2 Å². The van der Waals surface area contributed by atoms with Crippen molar-refractivity contribution in [3.63, 3.8) is 0 Å². The fourth-order valence-corrected chi connectivity index (χ4v) is 2.23. The molecular formula is C15H16F2N2O2. The van der Waals surface area contributed by atoms with Crippen LogP contribution in [0.25, 0.3) is 0 Å². The Hall–Kier alpha value is -2.24. The Bertz CT molecular complexity index is 591. The summed E-state index contributed by atoms with van der Waals surface area (Å²) >= 11 is 0. The first kappa shape index (κ1) is 15.2. The van der Waals surface area contributed by atoms with Crippen LogP contribution in [0, 0.1) is 11.6 Å². The van der Waals surface area contributed by atoms with E-state index in [0.29, 0.717) is 5.57 Å². The summed E-state index contributed by atoms with van der Waals surface area (Å²) in [6.07, 6.45) is 1.78. The number of benzene rings is 1. The maximum atomic E-state index is 13.7. The first-order valence-electron chi connectivity index (χ1n) is 6.53. The fraction of sp³-hybridized carbons (Fsp3) is 0.333. The van der Waals surface area contributed by atoms with Crippen molar-refractivity contribution in [1.82, 2.24) is 9.80 Å². The van der Waals surface area contributed by atoms with Crippen LogP contribution in [0.1, 0.15) is 16.8 Å². The summed E-state index contributed by atoms with van der Waals surface area (Å²) in [4.78, 5) is 27.0. The second kappa shape index (κ2) is 6.03. The van der Waals surface area contributed by atoms with Gasteiger partial charge in [-0.2, -0.15) is 0 Å². The molecule has 0 aliphatic carbocycles. The van der Waals surface area contributed by atoms with Crippen molar-refractivity contribution < 1.29 is 18.4 Å². The number of piperidine rings is 1. The Kier molecular flexibility index (Phi) is 4.35. The van der Waals surface area contributed by atoms with Gasteiger partial charge in [0.05, 0.1) is 6.54 Å². The summed E-state index contributed by atoms with van der Waals surface area (Å²) in [5.41, 5.74) is -0.118. The van der Waals surface area contributed by atoms with Crippen molar-refractivity contribution in [3.8, 4) is 0 Å². The number of ketones is 1. The van der Waals surface area contributed by atoms with Gasteiger partial charge in [-0.3, -0.25) is 9.59 Å². The predicted molar refractivity (Wildman–Crippen MR) is 73.7 cm³/mol. The number of hydrogen-bond acceptors (Lipinski definition) is 3. The molecule has 1 aromatic carbocycles. The zero-order valence-corrected chi connectivity index (χ0v) is 11.9. The van der Waals surface area contributed by atoms with Crippen LogP contribution >= 0.6 is 0 Å². The third kappa shape index (κ3) is 3.26. The lowest BCUT2D eigenvalue weighted by Crippen LogP contribution is -2.41. The third-order valence-corrected chi connectivity index (χ3v) is 3.21. The molecular weight excluding hydrogens is 278 g/mol. The number of Topliss-reactive ketones (excluding diaryl/α,β-unsaturated/α-hetero) is 1. The van der Waals surface area contributed by atoms with Gasteiger partial charge in [0, 0.05) is 38.8 Å². The normalized spacial score (nSPS) is 17.2. The van der Waals surface area contributed by atoms with Gasteiger partial charge < -0.3 is 9.80 Å². The molecule has 1 saturated heterocycles. The first-order chi connectivity index (χ1) is 9.90. The summed E-state index contributed by atoms with van der Waals surface area (Å²) in [5, 5.41) is 0. The Morgan fingerprint density at radius 3 is 2.48 bits per heavy atom. The topological polar surface area (TPSA) is 40.6 Å². The van der Waals surface area contributed by atoms with E-state index >= 15 is 0 Å². The van der Waals surface area contributed by atoms with Crippen LogP contribution in [0.3, 0.4) is 0 Å². The number of carbonyl (C=O) groups excluding carboxylic acids is 2. The molecule has 1 heterocycles. The molecule has 112 valence electrons. The smallest absolute Gasteiger partial charge is 0.260 e. The van der Waals surface area contributed by atoms with E-state index < -0.39 is 23.1 Å². The number of halogens is 2. The third-order valence-electron chi connectivity index (χ3n) is 3.21. The number of rotatable bonds is 2. The van der Waals surface area contributed by atoms with Gasteiger partial charge in [0.15, 0.2) is 5.78 Å². The maximum Gasteiger partial charge on any atom is 0.260 e. The van der Waals surface area contributed by atoms with Gasteiger partial charge in [-0.05, 0) is 12.1 Å². The Balaban J connectivity index is 2.26. The molecule has 4 nitrogen and oxygen atoms in total. The molecule has 1 aliphatic heterocycles.